The molecule has 0 aromatic rings. The summed E-state index contributed by atoms with van der Waals surface area (Å²) < 4.78 is 25.7. The molecule has 1 aliphatic rings. The molecule has 4 nitrogen and oxygen atoms in total. The monoisotopic (exact) mass is 268 g/mol. The van der Waals surface area contributed by atoms with Gasteiger partial charge in [-0.2, -0.15) is 4.31 Å². The van der Waals surface area contributed by atoms with Crippen molar-refractivity contribution in [1.29, 1.82) is 0 Å². The lowest BCUT2D eigenvalue weighted by Crippen LogP contribution is -2.52. The Morgan fingerprint density at radius 3 is 2.56 bits per heavy atom. The third-order valence-electron chi connectivity index (χ3n) is 3.07. The summed E-state index contributed by atoms with van der Waals surface area (Å²) in [6, 6.07) is 0.287. The third-order valence-corrected chi connectivity index (χ3v) is 5.71. The third kappa shape index (κ3) is 3.58. The highest BCUT2D eigenvalue weighted by atomic mass is 35.5. The van der Waals surface area contributed by atoms with E-state index in [-0.39, 0.29) is 17.7 Å². The molecule has 0 amide bonds. The van der Waals surface area contributed by atoms with Gasteiger partial charge in [-0.05, 0) is 19.9 Å². The first-order chi connectivity index (χ1) is 7.36. The van der Waals surface area contributed by atoms with Crippen molar-refractivity contribution in [2.75, 3.05) is 38.3 Å². The molecular formula is C10H21ClN2O2S. The number of nitrogens with zero attached hydrogens (tertiary/aromatic N) is 2. The Labute approximate surface area is 104 Å². The van der Waals surface area contributed by atoms with Crippen molar-refractivity contribution >= 4 is 21.6 Å². The van der Waals surface area contributed by atoms with Crippen LogP contribution < -0.4 is 0 Å². The SMILES string of the molecule is CC(CCl)CS(=O)(=O)N1CCN(C)C(C)C1. The Bertz CT molecular complexity index is 321. The minimum atomic E-state index is -3.13. The first-order valence-electron chi connectivity index (χ1n) is 5.61. The summed E-state index contributed by atoms with van der Waals surface area (Å²) in [4.78, 5) is 2.18. The van der Waals surface area contributed by atoms with Gasteiger partial charge in [-0.3, -0.25) is 0 Å². The molecule has 1 aliphatic heterocycles. The number of likely N-dealkylation sites (N-methyl/N-ethyl adjacent to an activating group) is 1. The zero-order chi connectivity index (χ0) is 12.3. The van der Waals surface area contributed by atoms with Crippen molar-refractivity contribution in [3.8, 4) is 0 Å². The average Bonchev–Trinajstić information content (AvgIpc) is 2.21. The van der Waals surface area contributed by atoms with Crippen molar-refractivity contribution < 1.29 is 8.42 Å². The van der Waals surface area contributed by atoms with Gasteiger partial charge in [0.05, 0.1) is 5.75 Å². The van der Waals surface area contributed by atoms with Crippen molar-refractivity contribution in [3.63, 3.8) is 0 Å². The Morgan fingerprint density at radius 1 is 1.44 bits per heavy atom. The van der Waals surface area contributed by atoms with E-state index in [0.717, 1.165) is 6.54 Å². The van der Waals surface area contributed by atoms with Crippen LogP contribution in [0.25, 0.3) is 0 Å². The molecule has 0 aliphatic carbocycles. The fraction of sp³-hybridized carbons (Fsp3) is 1.00. The molecule has 0 aromatic carbocycles. The second-order valence-corrected chi connectivity index (χ2v) is 7.05. The molecule has 1 fully saturated rings. The van der Waals surface area contributed by atoms with Gasteiger partial charge in [0.25, 0.3) is 0 Å². The fourth-order valence-electron chi connectivity index (χ4n) is 1.78. The number of hydrogen-bond acceptors (Lipinski definition) is 3. The maximum atomic E-state index is 12.1. The van der Waals surface area contributed by atoms with Crippen LogP contribution in [0.1, 0.15) is 13.8 Å². The molecular weight excluding hydrogens is 248 g/mol. The number of halogens is 1. The van der Waals surface area contributed by atoms with Gasteiger partial charge in [0, 0.05) is 31.6 Å². The minimum Gasteiger partial charge on any atom is -0.301 e. The van der Waals surface area contributed by atoms with Gasteiger partial charge < -0.3 is 4.90 Å². The zero-order valence-corrected chi connectivity index (χ0v) is 11.8. The van der Waals surface area contributed by atoms with Crippen LogP contribution in [0.15, 0.2) is 0 Å². The van der Waals surface area contributed by atoms with E-state index in [1.165, 1.54) is 0 Å². The van der Waals surface area contributed by atoms with Gasteiger partial charge in [-0.15, -0.1) is 11.6 Å². The van der Waals surface area contributed by atoms with Gasteiger partial charge >= 0.3 is 0 Å². The highest BCUT2D eigenvalue weighted by Crippen LogP contribution is 2.14. The Hall–Kier alpha value is 0.160. The molecule has 16 heavy (non-hydrogen) atoms. The standard InChI is InChI=1S/C10H21ClN2O2S/c1-9(6-11)8-16(14,15)13-5-4-12(3)10(2)7-13/h9-10H,4-8H2,1-3H3. The largest absolute Gasteiger partial charge is 0.301 e. The molecule has 0 saturated carbocycles. The van der Waals surface area contributed by atoms with E-state index >= 15 is 0 Å². The van der Waals surface area contributed by atoms with Gasteiger partial charge in [-0.25, -0.2) is 8.42 Å². The van der Waals surface area contributed by atoms with Crippen LogP contribution in [0.5, 0.6) is 0 Å². The first kappa shape index (κ1) is 14.2. The van der Waals surface area contributed by atoms with Crippen LogP contribution in [0.4, 0.5) is 0 Å². The zero-order valence-electron chi connectivity index (χ0n) is 10.2. The predicted octanol–water partition coefficient (Wildman–Crippen LogP) is 0.827. The van der Waals surface area contributed by atoms with Crippen molar-refractivity contribution in [2.45, 2.75) is 19.9 Å². The van der Waals surface area contributed by atoms with Crippen molar-refractivity contribution in [3.05, 3.63) is 0 Å². The van der Waals surface area contributed by atoms with E-state index in [1.807, 2.05) is 20.9 Å². The molecule has 0 N–H and O–H groups in total. The predicted molar refractivity (Wildman–Crippen MR) is 67.3 cm³/mol. The number of piperazine rings is 1. The van der Waals surface area contributed by atoms with E-state index in [0.29, 0.717) is 19.0 Å². The topological polar surface area (TPSA) is 40.6 Å². The molecule has 0 radical (unpaired) electrons. The highest BCUT2D eigenvalue weighted by Gasteiger charge is 2.30. The van der Waals surface area contributed by atoms with Crippen LogP contribution in [0, 0.1) is 5.92 Å². The molecule has 96 valence electrons. The number of hydrogen-bond donors (Lipinski definition) is 0. The smallest absolute Gasteiger partial charge is 0.214 e. The molecule has 0 spiro atoms. The quantitative estimate of drug-likeness (QED) is 0.709. The Morgan fingerprint density at radius 2 is 2.06 bits per heavy atom. The van der Waals surface area contributed by atoms with Crippen molar-refractivity contribution in [2.24, 2.45) is 5.92 Å². The van der Waals surface area contributed by atoms with Gasteiger partial charge in [0.15, 0.2) is 0 Å². The summed E-state index contributed by atoms with van der Waals surface area (Å²) in [7, 11) is -1.10. The van der Waals surface area contributed by atoms with Crippen LogP contribution >= 0.6 is 11.6 Å². The summed E-state index contributed by atoms with van der Waals surface area (Å²) in [5, 5.41) is 0. The molecule has 6 heteroatoms. The van der Waals surface area contributed by atoms with E-state index in [2.05, 4.69) is 4.90 Å². The van der Waals surface area contributed by atoms with Crippen molar-refractivity contribution in [1.82, 2.24) is 9.21 Å². The molecule has 0 aromatic heterocycles. The van der Waals surface area contributed by atoms with Gasteiger partial charge in [-0.1, -0.05) is 6.92 Å². The van der Waals surface area contributed by atoms with Crippen LogP contribution in [-0.2, 0) is 10.0 Å². The lowest BCUT2D eigenvalue weighted by atomic mass is 10.2. The Balaban J connectivity index is 2.63. The maximum absolute atomic E-state index is 12.1. The summed E-state index contributed by atoms with van der Waals surface area (Å²) in [5.41, 5.74) is 0. The van der Waals surface area contributed by atoms with Gasteiger partial charge in [0.1, 0.15) is 0 Å². The maximum Gasteiger partial charge on any atom is 0.214 e. The molecule has 1 heterocycles. The lowest BCUT2D eigenvalue weighted by Gasteiger charge is -2.37. The highest BCUT2D eigenvalue weighted by molar-refractivity contribution is 7.89. The van der Waals surface area contributed by atoms with E-state index < -0.39 is 10.0 Å². The number of rotatable bonds is 4. The minimum absolute atomic E-state index is 0.0154. The van der Waals surface area contributed by atoms with E-state index in [4.69, 9.17) is 11.6 Å². The van der Waals surface area contributed by atoms with Crippen LogP contribution in [-0.4, -0.2) is 62.0 Å². The first-order valence-corrected chi connectivity index (χ1v) is 7.75. The molecule has 1 saturated heterocycles. The molecule has 1 rings (SSSR count). The van der Waals surface area contributed by atoms with Crippen LogP contribution in [0.3, 0.4) is 0 Å². The summed E-state index contributed by atoms with van der Waals surface area (Å²) in [6.45, 7) is 5.90. The fourth-order valence-corrected chi connectivity index (χ4v) is 3.87. The number of alkyl halides is 1. The molecule has 2 unspecified atom stereocenters. The molecule has 2 atom stereocenters. The summed E-state index contributed by atoms with van der Waals surface area (Å²) in [6.07, 6.45) is 0. The van der Waals surface area contributed by atoms with E-state index in [9.17, 15) is 8.42 Å². The second kappa shape index (κ2) is 5.67. The van der Waals surface area contributed by atoms with E-state index in [1.54, 1.807) is 4.31 Å². The summed E-state index contributed by atoms with van der Waals surface area (Å²) >= 11 is 5.66. The number of sulfonamides is 1. The second-order valence-electron chi connectivity index (χ2n) is 4.73. The van der Waals surface area contributed by atoms with Crippen LogP contribution in [0.2, 0.25) is 0 Å². The average molecular weight is 269 g/mol. The Kier molecular flexibility index (Phi) is 5.04. The van der Waals surface area contributed by atoms with Gasteiger partial charge in [0.2, 0.25) is 10.0 Å². The lowest BCUT2D eigenvalue weighted by molar-refractivity contribution is 0.159. The normalized spacial score (nSPS) is 26.9. The summed E-state index contributed by atoms with van der Waals surface area (Å²) in [5.74, 6) is 0.566. The molecule has 0 bridgehead atoms.